The fraction of sp³-hybridized carbons (Fsp3) is 0.500. The van der Waals surface area contributed by atoms with E-state index in [1.165, 1.54) is 41.5 Å². The number of thiazole rings is 1. The molecule has 1 heterocycles. The van der Waals surface area contributed by atoms with E-state index in [-0.39, 0.29) is 0 Å². The van der Waals surface area contributed by atoms with Crippen molar-refractivity contribution in [2.75, 3.05) is 5.32 Å². The average molecular weight is 246 g/mol. The van der Waals surface area contributed by atoms with Gasteiger partial charge in [0.1, 0.15) is 0 Å². The Bertz CT molecular complexity index is 538. The second-order valence-electron chi connectivity index (χ2n) is 5.07. The van der Waals surface area contributed by atoms with Crippen molar-refractivity contribution in [1.29, 1.82) is 0 Å². The van der Waals surface area contributed by atoms with Crippen molar-refractivity contribution in [2.45, 2.75) is 45.6 Å². The quantitative estimate of drug-likeness (QED) is 0.856. The first-order valence-electron chi connectivity index (χ1n) is 6.37. The molecule has 0 atom stereocenters. The summed E-state index contributed by atoms with van der Waals surface area (Å²) in [7, 11) is 0. The lowest BCUT2D eigenvalue weighted by Crippen LogP contribution is -2.13. The molecule has 3 rings (SSSR count). The van der Waals surface area contributed by atoms with Crippen molar-refractivity contribution < 1.29 is 0 Å². The predicted molar refractivity (Wildman–Crippen MR) is 75.0 cm³/mol. The van der Waals surface area contributed by atoms with Gasteiger partial charge < -0.3 is 5.32 Å². The number of rotatable bonds is 2. The van der Waals surface area contributed by atoms with E-state index in [9.17, 15) is 0 Å². The Morgan fingerprint density at radius 2 is 2.00 bits per heavy atom. The lowest BCUT2D eigenvalue weighted by Gasteiger charge is -2.09. The second-order valence-corrected chi connectivity index (χ2v) is 6.07. The second kappa shape index (κ2) is 4.30. The van der Waals surface area contributed by atoms with Gasteiger partial charge in [0.25, 0.3) is 0 Å². The first-order chi connectivity index (χ1) is 8.22. The molecule has 90 valence electrons. The monoisotopic (exact) mass is 246 g/mol. The largest absolute Gasteiger partial charge is 0.359 e. The van der Waals surface area contributed by atoms with Crippen LogP contribution in [0.5, 0.6) is 0 Å². The molecule has 3 heteroatoms. The Kier molecular flexibility index (Phi) is 2.79. The van der Waals surface area contributed by atoms with Gasteiger partial charge in [0.15, 0.2) is 5.13 Å². The third-order valence-electron chi connectivity index (χ3n) is 3.50. The first-order valence-corrected chi connectivity index (χ1v) is 7.18. The van der Waals surface area contributed by atoms with Gasteiger partial charge in [0.2, 0.25) is 0 Å². The van der Waals surface area contributed by atoms with Gasteiger partial charge in [0, 0.05) is 6.04 Å². The van der Waals surface area contributed by atoms with Crippen LogP contribution in [0.4, 0.5) is 5.13 Å². The summed E-state index contributed by atoms with van der Waals surface area (Å²) in [4.78, 5) is 4.71. The summed E-state index contributed by atoms with van der Waals surface area (Å²) in [5, 5.41) is 4.68. The van der Waals surface area contributed by atoms with Crippen molar-refractivity contribution in [2.24, 2.45) is 0 Å². The molecular formula is C14H18N2S. The van der Waals surface area contributed by atoms with Crippen LogP contribution in [0.2, 0.25) is 0 Å². The number of aromatic nitrogens is 1. The lowest BCUT2D eigenvalue weighted by molar-refractivity contribution is 0.754. The van der Waals surface area contributed by atoms with E-state index < -0.39 is 0 Å². The Hall–Kier alpha value is -1.09. The lowest BCUT2D eigenvalue weighted by atomic mass is 10.1. The standard InChI is InChI=1S/C14H18N2S/c1-9-7-10(2)13-12(8-9)16-14(17-13)15-11-5-3-4-6-11/h7-8,11H,3-6H2,1-2H3,(H,15,16). The highest BCUT2D eigenvalue weighted by atomic mass is 32.1. The van der Waals surface area contributed by atoms with Crippen LogP contribution in [0.1, 0.15) is 36.8 Å². The molecule has 0 saturated heterocycles. The Morgan fingerprint density at radius 3 is 2.76 bits per heavy atom. The molecule has 1 aliphatic rings. The third-order valence-corrected chi connectivity index (χ3v) is 4.64. The maximum atomic E-state index is 4.71. The van der Waals surface area contributed by atoms with Crippen molar-refractivity contribution in [1.82, 2.24) is 4.98 Å². The molecule has 0 aliphatic heterocycles. The third kappa shape index (κ3) is 2.16. The number of hydrogen-bond acceptors (Lipinski definition) is 3. The van der Waals surface area contributed by atoms with Crippen LogP contribution < -0.4 is 5.32 Å². The van der Waals surface area contributed by atoms with Gasteiger partial charge in [-0.25, -0.2) is 4.98 Å². The maximum absolute atomic E-state index is 4.71. The SMILES string of the molecule is Cc1cc(C)c2sc(NC3CCCC3)nc2c1. The molecular weight excluding hydrogens is 228 g/mol. The number of aryl methyl sites for hydroxylation is 2. The summed E-state index contributed by atoms with van der Waals surface area (Å²) >= 11 is 1.80. The molecule has 0 spiro atoms. The van der Waals surface area contributed by atoms with Crippen LogP contribution in [0.25, 0.3) is 10.2 Å². The Morgan fingerprint density at radius 1 is 1.24 bits per heavy atom. The van der Waals surface area contributed by atoms with E-state index in [4.69, 9.17) is 4.98 Å². The molecule has 2 nitrogen and oxygen atoms in total. The highest BCUT2D eigenvalue weighted by Crippen LogP contribution is 2.31. The zero-order valence-corrected chi connectivity index (χ0v) is 11.2. The zero-order valence-electron chi connectivity index (χ0n) is 10.4. The molecule has 1 saturated carbocycles. The van der Waals surface area contributed by atoms with E-state index in [2.05, 4.69) is 31.3 Å². The Labute approximate surface area is 106 Å². The zero-order chi connectivity index (χ0) is 11.8. The number of anilines is 1. The van der Waals surface area contributed by atoms with Gasteiger partial charge in [0.05, 0.1) is 10.2 Å². The van der Waals surface area contributed by atoms with E-state index >= 15 is 0 Å². The molecule has 1 N–H and O–H groups in total. The fourth-order valence-electron chi connectivity index (χ4n) is 2.68. The van der Waals surface area contributed by atoms with Gasteiger partial charge in [-0.05, 0) is 43.9 Å². The summed E-state index contributed by atoms with van der Waals surface area (Å²) in [5.74, 6) is 0. The summed E-state index contributed by atoms with van der Waals surface area (Å²) in [6, 6.07) is 5.07. The number of benzene rings is 1. The minimum Gasteiger partial charge on any atom is -0.359 e. The summed E-state index contributed by atoms with van der Waals surface area (Å²) in [5.41, 5.74) is 3.79. The van der Waals surface area contributed by atoms with Crippen molar-refractivity contribution in [3.63, 3.8) is 0 Å². The molecule has 17 heavy (non-hydrogen) atoms. The number of fused-ring (bicyclic) bond motifs is 1. The predicted octanol–water partition coefficient (Wildman–Crippen LogP) is 4.27. The van der Waals surface area contributed by atoms with Gasteiger partial charge in [-0.2, -0.15) is 0 Å². The van der Waals surface area contributed by atoms with Crippen LogP contribution in [-0.2, 0) is 0 Å². The number of nitrogens with zero attached hydrogens (tertiary/aromatic N) is 1. The highest BCUT2D eigenvalue weighted by Gasteiger charge is 2.16. The molecule has 0 unspecified atom stereocenters. The maximum Gasteiger partial charge on any atom is 0.184 e. The summed E-state index contributed by atoms with van der Waals surface area (Å²) in [6.45, 7) is 4.31. The van der Waals surface area contributed by atoms with Crippen molar-refractivity contribution >= 4 is 26.7 Å². The van der Waals surface area contributed by atoms with Gasteiger partial charge in [-0.1, -0.05) is 30.2 Å². The molecule has 1 aromatic carbocycles. The number of nitrogens with one attached hydrogen (secondary N) is 1. The van der Waals surface area contributed by atoms with E-state index in [1.54, 1.807) is 11.3 Å². The molecule has 1 aliphatic carbocycles. The molecule has 0 amide bonds. The van der Waals surface area contributed by atoms with Gasteiger partial charge >= 0.3 is 0 Å². The Balaban J connectivity index is 1.93. The average Bonchev–Trinajstić information content (AvgIpc) is 2.87. The van der Waals surface area contributed by atoms with Crippen LogP contribution >= 0.6 is 11.3 Å². The molecule has 1 aromatic heterocycles. The smallest absolute Gasteiger partial charge is 0.184 e. The molecule has 0 bridgehead atoms. The molecule has 0 radical (unpaired) electrons. The topological polar surface area (TPSA) is 24.9 Å². The van der Waals surface area contributed by atoms with Crippen LogP contribution in [0.3, 0.4) is 0 Å². The van der Waals surface area contributed by atoms with Gasteiger partial charge in [-0.15, -0.1) is 0 Å². The van der Waals surface area contributed by atoms with Crippen molar-refractivity contribution in [3.8, 4) is 0 Å². The molecule has 2 aromatic rings. The summed E-state index contributed by atoms with van der Waals surface area (Å²) < 4.78 is 1.33. The van der Waals surface area contributed by atoms with E-state index in [0.717, 1.165) is 10.6 Å². The van der Waals surface area contributed by atoms with Crippen molar-refractivity contribution in [3.05, 3.63) is 23.3 Å². The fourth-order valence-corrected chi connectivity index (χ4v) is 3.68. The first kappa shape index (κ1) is 11.0. The van der Waals surface area contributed by atoms with E-state index in [0.29, 0.717) is 6.04 Å². The van der Waals surface area contributed by atoms with Gasteiger partial charge in [-0.3, -0.25) is 0 Å². The minimum absolute atomic E-state index is 0.650. The minimum atomic E-state index is 0.650. The van der Waals surface area contributed by atoms with Crippen LogP contribution in [0.15, 0.2) is 12.1 Å². The molecule has 1 fully saturated rings. The van der Waals surface area contributed by atoms with Crippen LogP contribution in [0, 0.1) is 13.8 Å². The van der Waals surface area contributed by atoms with Crippen LogP contribution in [-0.4, -0.2) is 11.0 Å². The van der Waals surface area contributed by atoms with E-state index in [1.807, 2.05) is 0 Å². The highest BCUT2D eigenvalue weighted by molar-refractivity contribution is 7.22. The normalized spacial score (nSPS) is 16.8. The summed E-state index contributed by atoms with van der Waals surface area (Å²) in [6.07, 6.45) is 5.32. The number of hydrogen-bond donors (Lipinski definition) is 1.